The summed E-state index contributed by atoms with van der Waals surface area (Å²) in [5.74, 6) is -0.600. The number of carbonyl (C=O) groups excluding carboxylic acids is 2. The van der Waals surface area contributed by atoms with Crippen molar-refractivity contribution < 1.29 is 9.59 Å². The molecule has 0 saturated carbocycles. The Hall–Kier alpha value is -1.06. The van der Waals surface area contributed by atoms with Gasteiger partial charge in [0.1, 0.15) is 0 Å². The standard InChI is InChI=1S/C4H7N2O2/c1-3(7)6(2)4(5)8/h1H2,2H3,(H2,5,8). The van der Waals surface area contributed by atoms with Gasteiger partial charge in [-0.1, -0.05) is 0 Å². The molecule has 0 spiro atoms. The minimum absolute atomic E-state index is 0.600. The fourth-order valence-electron chi connectivity index (χ4n) is 0.123. The Bertz CT molecular complexity index is 107. The van der Waals surface area contributed by atoms with Crippen molar-refractivity contribution in [2.24, 2.45) is 5.73 Å². The van der Waals surface area contributed by atoms with Gasteiger partial charge >= 0.3 is 6.03 Å². The molecule has 45 valence electrons. The maximum absolute atomic E-state index is 10.1. The summed E-state index contributed by atoms with van der Waals surface area (Å²) in [7, 11) is 1.26. The summed E-state index contributed by atoms with van der Waals surface area (Å²) < 4.78 is 0. The number of hydrogen-bond acceptors (Lipinski definition) is 2. The smallest absolute Gasteiger partial charge is 0.321 e. The van der Waals surface area contributed by atoms with Gasteiger partial charge in [0.25, 0.3) is 0 Å². The fraction of sp³-hybridized carbons (Fsp3) is 0.250. The van der Waals surface area contributed by atoms with Crippen LogP contribution in [0.25, 0.3) is 0 Å². The van der Waals surface area contributed by atoms with E-state index in [-0.39, 0.29) is 0 Å². The summed E-state index contributed by atoms with van der Waals surface area (Å²) in [6, 6.07) is -0.787. The second-order valence-electron chi connectivity index (χ2n) is 1.29. The number of imide groups is 1. The van der Waals surface area contributed by atoms with Crippen molar-refractivity contribution in [1.82, 2.24) is 4.90 Å². The van der Waals surface area contributed by atoms with E-state index in [1.54, 1.807) is 0 Å². The number of nitrogens with two attached hydrogens (primary N) is 1. The van der Waals surface area contributed by atoms with Crippen LogP contribution in [0.4, 0.5) is 4.79 Å². The van der Waals surface area contributed by atoms with Gasteiger partial charge in [-0.3, -0.25) is 9.69 Å². The van der Waals surface area contributed by atoms with Crippen LogP contribution < -0.4 is 5.73 Å². The third-order valence-corrected chi connectivity index (χ3v) is 0.705. The molecule has 0 atom stereocenters. The Labute approximate surface area is 47.3 Å². The maximum atomic E-state index is 10.1. The van der Waals surface area contributed by atoms with Crippen LogP contribution in [0.5, 0.6) is 0 Å². The van der Waals surface area contributed by atoms with E-state index < -0.39 is 11.9 Å². The van der Waals surface area contributed by atoms with Gasteiger partial charge < -0.3 is 5.73 Å². The Morgan fingerprint density at radius 2 is 2.00 bits per heavy atom. The first kappa shape index (κ1) is 6.94. The molecule has 3 amide bonds. The lowest BCUT2D eigenvalue weighted by atomic mass is 10.6. The second kappa shape index (κ2) is 2.30. The number of nitrogens with zero attached hydrogens (tertiary/aromatic N) is 1. The lowest BCUT2D eigenvalue weighted by Crippen LogP contribution is -2.35. The highest BCUT2D eigenvalue weighted by atomic mass is 16.2. The van der Waals surface area contributed by atoms with Crippen LogP contribution in [0.15, 0.2) is 0 Å². The van der Waals surface area contributed by atoms with Gasteiger partial charge in [0, 0.05) is 14.0 Å². The number of carbonyl (C=O) groups is 2. The van der Waals surface area contributed by atoms with E-state index in [1.165, 1.54) is 7.05 Å². The summed E-state index contributed by atoms with van der Waals surface area (Å²) in [6.07, 6.45) is 0. The molecule has 0 saturated heterocycles. The zero-order valence-electron chi connectivity index (χ0n) is 4.55. The molecule has 0 bridgehead atoms. The molecule has 0 unspecified atom stereocenters. The molecule has 2 N–H and O–H groups in total. The average Bonchev–Trinajstić information content (AvgIpc) is 1.64. The first-order valence-corrected chi connectivity index (χ1v) is 1.94. The van der Waals surface area contributed by atoms with E-state index >= 15 is 0 Å². The molecule has 4 heteroatoms. The molecule has 0 aliphatic rings. The minimum atomic E-state index is -0.787. The molecular formula is C4H7N2O2. The van der Waals surface area contributed by atoms with Gasteiger partial charge in [-0.2, -0.15) is 0 Å². The number of rotatable bonds is 0. The molecule has 0 aliphatic heterocycles. The molecule has 0 aromatic carbocycles. The molecule has 0 heterocycles. The van der Waals surface area contributed by atoms with Gasteiger partial charge in [-0.15, -0.1) is 0 Å². The molecule has 1 radical (unpaired) electrons. The summed E-state index contributed by atoms with van der Waals surface area (Å²) in [5, 5.41) is 0. The Morgan fingerprint density at radius 3 is 2.00 bits per heavy atom. The van der Waals surface area contributed by atoms with Crippen LogP contribution in [-0.2, 0) is 4.79 Å². The van der Waals surface area contributed by atoms with E-state index in [9.17, 15) is 9.59 Å². The topological polar surface area (TPSA) is 63.4 Å². The van der Waals surface area contributed by atoms with Crippen molar-refractivity contribution in [2.75, 3.05) is 7.05 Å². The van der Waals surface area contributed by atoms with Gasteiger partial charge in [0.2, 0.25) is 5.91 Å². The Morgan fingerprint density at radius 1 is 1.62 bits per heavy atom. The van der Waals surface area contributed by atoms with Crippen molar-refractivity contribution in [3.8, 4) is 0 Å². The zero-order chi connectivity index (χ0) is 6.73. The lowest BCUT2D eigenvalue weighted by molar-refractivity contribution is -0.122. The van der Waals surface area contributed by atoms with Crippen LogP contribution in [0.1, 0.15) is 0 Å². The highest BCUT2D eigenvalue weighted by Crippen LogP contribution is 1.78. The molecule has 0 aromatic heterocycles. The predicted molar refractivity (Wildman–Crippen MR) is 27.7 cm³/mol. The summed E-state index contributed by atoms with van der Waals surface area (Å²) in [6.45, 7) is 2.95. The summed E-state index contributed by atoms with van der Waals surface area (Å²) >= 11 is 0. The third-order valence-electron chi connectivity index (χ3n) is 0.705. The zero-order valence-corrected chi connectivity index (χ0v) is 4.55. The van der Waals surface area contributed by atoms with Gasteiger partial charge in [-0.25, -0.2) is 4.79 Å². The van der Waals surface area contributed by atoms with E-state index in [0.717, 1.165) is 4.90 Å². The molecule has 0 aromatic rings. The predicted octanol–water partition coefficient (Wildman–Crippen LogP) is -0.642. The molecule has 8 heavy (non-hydrogen) atoms. The summed E-state index contributed by atoms with van der Waals surface area (Å²) in [4.78, 5) is 20.8. The van der Waals surface area contributed by atoms with Crippen molar-refractivity contribution in [3.05, 3.63) is 6.92 Å². The molecule has 0 aliphatic carbocycles. The van der Waals surface area contributed by atoms with Gasteiger partial charge in [0.15, 0.2) is 0 Å². The third kappa shape index (κ3) is 1.59. The number of primary amides is 1. The highest BCUT2D eigenvalue weighted by Gasteiger charge is 2.05. The number of hydrogen-bond donors (Lipinski definition) is 1. The minimum Gasteiger partial charge on any atom is -0.351 e. The number of amides is 3. The molecule has 0 rings (SSSR count). The van der Waals surface area contributed by atoms with Crippen LogP contribution in [-0.4, -0.2) is 23.9 Å². The van der Waals surface area contributed by atoms with Crippen LogP contribution in [0, 0.1) is 6.92 Å². The maximum Gasteiger partial charge on any atom is 0.321 e. The summed E-state index contributed by atoms with van der Waals surface area (Å²) in [5.41, 5.74) is 4.66. The van der Waals surface area contributed by atoms with Crippen LogP contribution >= 0.6 is 0 Å². The average molecular weight is 115 g/mol. The van der Waals surface area contributed by atoms with Crippen molar-refractivity contribution in [2.45, 2.75) is 0 Å². The van der Waals surface area contributed by atoms with Crippen LogP contribution in [0.2, 0.25) is 0 Å². The van der Waals surface area contributed by atoms with E-state index in [0.29, 0.717) is 0 Å². The molecule has 4 nitrogen and oxygen atoms in total. The van der Waals surface area contributed by atoms with E-state index in [1.807, 2.05) is 0 Å². The lowest BCUT2D eigenvalue weighted by Gasteiger charge is -2.06. The largest absolute Gasteiger partial charge is 0.351 e. The van der Waals surface area contributed by atoms with E-state index in [2.05, 4.69) is 12.7 Å². The Balaban J connectivity index is 3.83. The fourth-order valence-corrected chi connectivity index (χ4v) is 0.123. The van der Waals surface area contributed by atoms with E-state index in [4.69, 9.17) is 0 Å². The number of urea groups is 1. The Kier molecular flexibility index (Phi) is 1.99. The SMILES string of the molecule is [CH2]C(=O)N(C)C(N)=O. The second-order valence-corrected chi connectivity index (χ2v) is 1.29. The van der Waals surface area contributed by atoms with Crippen molar-refractivity contribution in [3.63, 3.8) is 0 Å². The highest BCUT2D eigenvalue weighted by molar-refractivity contribution is 5.95. The van der Waals surface area contributed by atoms with Crippen molar-refractivity contribution >= 4 is 11.9 Å². The monoisotopic (exact) mass is 115 g/mol. The molecule has 0 fully saturated rings. The quantitative estimate of drug-likeness (QED) is 0.456. The first-order chi connectivity index (χ1) is 3.55. The normalized spacial score (nSPS) is 8.25. The van der Waals surface area contributed by atoms with Gasteiger partial charge in [-0.05, 0) is 0 Å². The molecular weight excluding hydrogens is 108 g/mol. The first-order valence-electron chi connectivity index (χ1n) is 1.94. The van der Waals surface area contributed by atoms with Gasteiger partial charge in [0.05, 0.1) is 0 Å². The van der Waals surface area contributed by atoms with Crippen LogP contribution in [0.3, 0.4) is 0 Å². The van der Waals surface area contributed by atoms with Crippen molar-refractivity contribution in [1.29, 1.82) is 0 Å².